The fourth-order valence-electron chi connectivity index (χ4n) is 2.47. The molecule has 0 radical (unpaired) electrons. The van der Waals surface area contributed by atoms with Crippen LogP contribution in [0.5, 0.6) is 0 Å². The number of anilines is 1. The molecule has 0 bridgehead atoms. The van der Waals surface area contributed by atoms with Gasteiger partial charge in [0.15, 0.2) is 0 Å². The number of rotatable bonds is 2. The largest absolute Gasteiger partial charge is 0.354 e. The van der Waals surface area contributed by atoms with Crippen molar-refractivity contribution in [1.29, 1.82) is 5.26 Å². The third kappa shape index (κ3) is 2.43. The Morgan fingerprint density at radius 2 is 1.94 bits per heavy atom. The summed E-state index contributed by atoms with van der Waals surface area (Å²) in [4.78, 5) is 9.07. The second-order valence-corrected chi connectivity index (χ2v) is 5.29. The maximum atomic E-state index is 8.94. The maximum Gasteiger partial charge on any atom is 0.132 e. The Morgan fingerprint density at radius 1 is 1.22 bits per heavy atom. The molecule has 1 aromatic heterocycles. The van der Waals surface area contributed by atoms with Crippen LogP contribution in [0.15, 0.2) is 12.1 Å². The predicted octanol–water partition coefficient (Wildman–Crippen LogP) is 1.89. The number of halogens is 1. The highest BCUT2D eigenvalue weighted by molar-refractivity contribution is 6.29. The number of piperazine rings is 1. The van der Waals surface area contributed by atoms with E-state index in [1.165, 1.54) is 12.8 Å². The van der Waals surface area contributed by atoms with Crippen LogP contribution < -0.4 is 4.90 Å². The summed E-state index contributed by atoms with van der Waals surface area (Å²) < 4.78 is 0. The molecule has 0 N–H and O–H groups in total. The van der Waals surface area contributed by atoms with E-state index in [1.807, 2.05) is 6.07 Å². The third-order valence-corrected chi connectivity index (χ3v) is 3.80. The normalized spacial score (nSPS) is 20.8. The van der Waals surface area contributed by atoms with Crippen LogP contribution in [0.25, 0.3) is 0 Å². The molecule has 1 aliphatic heterocycles. The number of aromatic nitrogens is 1. The summed E-state index contributed by atoms with van der Waals surface area (Å²) in [6.07, 6.45) is 2.71. The SMILES string of the molecule is N#Cc1cc(Cl)nc(N2CCN(C3CC3)CC2)c1. The zero-order chi connectivity index (χ0) is 12.5. The van der Waals surface area contributed by atoms with E-state index < -0.39 is 0 Å². The van der Waals surface area contributed by atoms with Crippen molar-refractivity contribution in [3.8, 4) is 6.07 Å². The van der Waals surface area contributed by atoms with Crippen molar-refractivity contribution in [2.45, 2.75) is 18.9 Å². The standard InChI is InChI=1S/C13H15ClN4/c14-12-7-10(9-15)8-13(16-12)18-5-3-17(4-6-18)11-1-2-11/h7-8,11H,1-6H2. The minimum absolute atomic E-state index is 0.397. The first kappa shape index (κ1) is 11.8. The Hall–Kier alpha value is -1.31. The summed E-state index contributed by atoms with van der Waals surface area (Å²) in [5, 5.41) is 9.34. The summed E-state index contributed by atoms with van der Waals surface area (Å²) >= 11 is 5.94. The maximum absolute atomic E-state index is 8.94. The minimum Gasteiger partial charge on any atom is -0.354 e. The summed E-state index contributed by atoms with van der Waals surface area (Å²) in [6, 6.07) is 6.37. The molecule has 0 amide bonds. The van der Waals surface area contributed by atoms with Crippen molar-refractivity contribution >= 4 is 17.4 Å². The molecule has 1 aliphatic carbocycles. The number of hydrogen-bond acceptors (Lipinski definition) is 4. The van der Waals surface area contributed by atoms with Gasteiger partial charge in [0.2, 0.25) is 0 Å². The highest BCUT2D eigenvalue weighted by Crippen LogP contribution is 2.28. The van der Waals surface area contributed by atoms with Crippen molar-refractivity contribution in [2.24, 2.45) is 0 Å². The minimum atomic E-state index is 0.397. The van der Waals surface area contributed by atoms with E-state index in [9.17, 15) is 0 Å². The smallest absolute Gasteiger partial charge is 0.132 e. The lowest BCUT2D eigenvalue weighted by Gasteiger charge is -2.35. The molecule has 3 rings (SSSR count). The Balaban J connectivity index is 1.71. The van der Waals surface area contributed by atoms with Crippen molar-refractivity contribution in [2.75, 3.05) is 31.1 Å². The first-order chi connectivity index (χ1) is 8.76. The summed E-state index contributed by atoms with van der Waals surface area (Å²) in [7, 11) is 0. The highest BCUT2D eigenvalue weighted by Gasteiger charge is 2.31. The number of nitriles is 1. The van der Waals surface area contributed by atoms with Gasteiger partial charge in [-0.15, -0.1) is 0 Å². The molecule has 18 heavy (non-hydrogen) atoms. The summed E-state index contributed by atoms with van der Waals surface area (Å²) in [6.45, 7) is 4.10. The van der Waals surface area contributed by atoms with Gasteiger partial charge in [0.05, 0.1) is 11.6 Å². The molecule has 94 valence electrons. The number of nitrogens with zero attached hydrogens (tertiary/aromatic N) is 4. The topological polar surface area (TPSA) is 43.2 Å². The van der Waals surface area contributed by atoms with Crippen LogP contribution in [0.2, 0.25) is 5.15 Å². The molecule has 5 heteroatoms. The van der Waals surface area contributed by atoms with Crippen molar-refractivity contribution in [1.82, 2.24) is 9.88 Å². The van der Waals surface area contributed by atoms with Crippen molar-refractivity contribution < 1.29 is 0 Å². The lowest BCUT2D eigenvalue weighted by Crippen LogP contribution is -2.47. The molecule has 2 fully saturated rings. The van der Waals surface area contributed by atoms with Crippen LogP contribution in [0.4, 0.5) is 5.82 Å². The lowest BCUT2D eigenvalue weighted by molar-refractivity contribution is 0.247. The van der Waals surface area contributed by atoms with E-state index in [0.29, 0.717) is 10.7 Å². The summed E-state index contributed by atoms with van der Waals surface area (Å²) in [5.74, 6) is 0.828. The molecule has 0 atom stereocenters. The second kappa shape index (κ2) is 4.75. The van der Waals surface area contributed by atoms with Crippen LogP contribution in [0.1, 0.15) is 18.4 Å². The molecule has 0 spiro atoms. The average molecular weight is 263 g/mol. The molecule has 1 saturated heterocycles. The number of pyridine rings is 1. The summed E-state index contributed by atoms with van der Waals surface area (Å²) in [5.41, 5.74) is 0.578. The molecule has 2 aliphatic rings. The zero-order valence-corrected chi connectivity index (χ0v) is 10.9. The molecular weight excluding hydrogens is 248 g/mol. The molecule has 1 saturated carbocycles. The van der Waals surface area contributed by atoms with Crippen molar-refractivity contribution in [3.05, 3.63) is 22.8 Å². The van der Waals surface area contributed by atoms with Crippen LogP contribution in [-0.2, 0) is 0 Å². The fourth-order valence-corrected chi connectivity index (χ4v) is 2.67. The Bertz CT molecular complexity index is 484. The van der Waals surface area contributed by atoms with Crippen molar-refractivity contribution in [3.63, 3.8) is 0 Å². The van der Waals surface area contributed by atoms with E-state index in [4.69, 9.17) is 16.9 Å². The Labute approximate surface area is 112 Å². The first-order valence-corrected chi connectivity index (χ1v) is 6.71. The first-order valence-electron chi connectivity index (χ1n) is 6.33. The van der Waals surface area contributed by atoms with Crippen LogP contribution in [0, 0.1) is 11.3 Å². The third-order valence-electron chi connectivity index (χ3n) is 3.61. The Morgan fingerprint density at radius 3 is 2.56 bits per heavy atom. The van der Waals surface area contributed by atoms with Gasteiger partial charge < -0.3 is 4.90 Å². The van der Waals surface area contributed by atoms with E-state index in [2.05, 4.69) is 20.9 Å². The van der Waals surface area contributed by atoms with Gasteiger partial charge in [0, 0.05) is 32.2 Å². The second-order valence-electron chi connectivity index (χ2n) is 4.90. The van der Waals surface area contributed by atoms with E-state index in [1.54, 1.807) is 6.07 Å². The van der Waals surface area contributed by atoms with Gasteiger partial charge in [0.25, 0.3) is 0 Å². The molecule has 0 unspecified atom stereocenters. The van der Waals surface area contributed by atoms with Gasteiger partial charge in [-0.2, -0.15) is 5.26 Å². The molecule has 2 heterocycles. The fraction of sp³-hybridized carbons (Fsp3) is 0.538. The van der Waals surface area contributed by atoms with Crippen LogP contribution in [-0.4, -0.2) is 42.1 Å². The Kier molecular flexibility index (Phi) is 3.11. The predicted molar refractivity (Wildman–Crippen MR) is 70.8 cm³/mol. The van der Waals surface area contributed by atoms with Crippen LogP contribution in [0.3, 0.4) is 0 Å². The van der Waals surface area contributed by atoms with E-state index in [0.717, 1.165) is 38.0 Å². The van der Waals surface area contributed by atoms with Gasteiger partial charge in [0.1, 0.15) is 11.0 Å². The van der Waals surface area contributed by atoms with Gasteiger partial charge >= 0.3 is 0 Å². The highest BCUT2D eigenvalue weighted by atomic mass is 35.5. The lowest BCUT2D eigenvalue weighted by atomic mass is 10.2. The molecule has 1 aromatic rings. The monoisotopic (exact) mass is 262 g/mol. The van der Waals surface area contributed by atoms with Gasteiger partial charge in [-0.3, -0.25) is 4.90 Å². The van der Waals surface area contributed by atoms with Crippen LogP contribution >= 0.6 is 11.6 Å². The van der Waals surface area contributed by atoms with Gasteiger partial charge in [-0.25, -0.2) is 4.98 Å². The molecule has 4 nitrogen and oxygen atoms in total. The quantitative estimate of drug-likeness (QED) is 0.764. The number of hydrogen-bond donors (Lipinski definition) is 0. The average Bonchev–Trinajstić information content (AvgIpc) is 3.22. The van der Waals surface area contributed by atoms with Gasteiger partial charge in [-0.05, 0) is 25.0 Å². The van der Waals surface area contributed by atoms with E-state index >= 15 is 0 Å². The zero-order valence-electron chi connectivity index (χ0n) is 10.1. The molecular formula is C13H15ClN4. The van der Waals surface area contributed by atoms with Gasteiger partial charge in [-0.1, -0.05) is 11.6 Å². The molecule has 0 aromatic carbocycles. The van der Waals surface area contributed by atoms with E-state index in [-0.39, 0.29) is 0 Å².